The Morgan fingerprint density at radius 2 is 1.62 bits per heavy atom. The van der Waals surface area contributed by atoms with Crippen molar-refractivity contribution in [2.24, 2.45) is 0 Å². The van der Waals surface area contributed by atoms with Crippen LogP contribution in [0.3, 0.4) is 0 Å². The maximum Gasteiger partial charge on any atom is 0.339 e. The van der Waals surface area contributed by atoms with Gasteiger partial charge in [0.15, 0.2) is 0 Å². The molecule has 6 nitrogen and oxygen atoms in total. The van der Waals surface area contributed by atoms with Crippen molar-refractivity contribution >= 4 is 22.9 Å². The Bertz CT molecular complexity index is 800. The van der Waals surface area contributed by atoms with E-state index in [1.807, 2.05) is 0 Å². The zero-order valence-corrected chi connectivity index (χ0v) is 12.1. The predicted molar refractivity (Wildman–Crippen MR) is 74.6 cm³/mol. The largest absolute Gasteiger partial charge is 0.426 e. The molecule has 0 amide bonds. The molecule has 0 spiro atoms. The van der Waals surface area contributed by atoms with Gasteiger partial charge in [-0.25, -0.2) is 4.79 Å². The van der Waals surface area contributed by atoms with Gasteiger partial charge in [0.05, 0.1) is 5.39 Å². The molecular weight excluding hydrogens is 276 g/mol. The molecule has 1 aromatic heterocycles. The van der Waals surface area contributed by atoms with Crippen molar-refractivity contribution < 1.29 is 23.5 Å². The fourth-order valence-corrected chi connectivity index (χ4v) is 1.99. The van der Waals surface area contributed by atoms with Gasteiger partial charge >= 0.3 is 17.6 Å². The van der Waals surface area contributed by atoms with Crippen molar-refractivity contribution in [3.05, 3.63) is 33.7 Å². The molecule has 21 heavy (non-hydrogen) atoms. The van der Waals surface area contributed by atoms with Crippen LogP contribution in [-0.2, 0) is 9.59 Å². The van der Waals surface area contributed by atoms with E-state index in [0.29, 0.717) is 16.5 Å². The lowest BCUT2D eigenvalue weighted by Gasteiger charge is -2.11. The van der Waals surface area contributed by atoms with Gasteiger partial charge in [-0.15, -0.1) is 0 Å². The number of benzene rings is 1. The molecule has 0 aliphatic heterocycles. The van der Waals surface area contributed by atoms with Gasteiger partial charge in [0.1, 0.15) is 17.1 Å². The number of aryl methyl sites for hydroxylation is 1. The first kappa shape index (κ1) is 14.8. The summed E-state index contributed by atoms with van der Waals surface area (Å²) in [6.45, 7) is 5.85. The first-order valence-electron chi connectivity index (χ1n) is 6.24. The third-order valence-electron chi connectivity index (χ3n) is 3.00. The number of ether oxygens (including phenoxy) is 2. The smallest absolute Gasteiger partial charge is 0.339 e. The van der Waals surface area contributed by atoms with Crippen LogP contribution in [0.25, 0.3) is 11.0 Å². The Kier molecular flexibility index (Phi) is 3.80. The zero-order chi connectivity index (χ0) is 15.7. The third kappa shape index (κ3) is 2.94. The molecule has 110 valence electrons. The summed E-state index contributed by atoms with van der Waals surface area (Å²) < 4.78 is 15.3. The molecule has 0 unspecified atom stereocenters. The maximum absolute atomic E-state index is 11.7. The zero-order valence-electron chi connectivity index (χ0n) is 12.1. The number of hydrogen-bond acceptors (Lipinski definition) is 6. The standard InChI is InChI=1S/C15H14O6/c1-7-8(2)15(18)21-13-6-11(19-9(3)16)5-12(14(7)13)20-10(4)17/h5-6H,1-4H3. The normalized spacial score (nSPS) is 10.5. The molecule has 2 aromatic rings. The van der Waals surface area contributed by atoms with E-state index >= 15 is 0 Å². The number of hydrogen-bond donors (Lipinski definition) is 0. The van der Waals surface area contributed by atoms with Gasteiger partial charge in [-0.2, -0.15) is 0 Å². The van der Waals surface area contributed by atoms with Gasteiger partial charge in [0, 0.05) is 31.5 Å². The minimum Gasteiger partial charge on any atom is -0.426 e. The summed E-state index contributed by atoms with van der Waals surface area (Å²) in [5.74, 6) is -0.743. The van der Waals surface area contributed by atoms with Crippen LogP contribution in [0.5, 0.6) is 11.5 Å². The summed E-state index contributed by atoms with van der Waals surface area (Å²) in [7, 11) is 0. The Labute approximate surface area is 120 Å². The summed E-state index contributed by atoms with van der Waals surface area (Å²) in [5, 5.41) is 0.498. The second-order valence-electron chi connectivity index (χ2n) is 4.62. The Balaban J connectivity index is 2.80. The van der Waals surface area contributed by atoms with Crippen molar-refractivity contribution in [3.8, 4) is 11.5 Å². The van der Waals surface area contributed by atoms with Gasteiger partial charge in [0.25, 0.3) is 0 Å². The summed E-state index contributed by atoms with van der Waals surface area (Å²) in [6, 6.07) is 2.83. The Morgan fingerprint density at radius 1 is 1.00 bits per heavy atom. The van der Waals surface area contributed by atoms with E-state index < -0.39 is 17.6 Å². The lowest BCUT2D eigenvalue weighted by atomic mass is 10.1. The minimum absolute atomic E-state index is 0.137. The van der Waals surface area contributed by atoms with Gasteiger partial charge in [-0.1, -0.05) is 0 Å². The summed E-state index contributed by atoms with van der Waals surface area (Å²) >= 11 is 0. The number of carbonyl (C=O) groups excluding carboxylic acids is 2. The molecule has 0 N–H and O–H groups in total. The second-order valence-corrected chi connectivity index (χ2v) is 4.62. The van der Waals surface area contributed by atoms with E-state index in [2.05, 4.69) is 0 Å². The molecule has 0 bridgehead atoms. The Morgan fingerprint density at radius 3 is 2.19 bits per heavy atom. The van der Waals surface area contributed by atoms with Crippen LogP contribution >= 0.6 is 0 Å². The summed E-state index contributed by atoms with van der Waals surface area (Å²) in [6.07, 6.45) is 0. The molecule has 1 aromatic carbocycles. The monoisotopic (exact) mass is 290 g/mol. The highest BCUT2D eigenvalue weighted by Crippen LogP contribution is 2.34. The molecule has 0 saturated carbocycles. The Hall–Kier alpha value is -2.63. The van der Waals surface area contributed by atoms with Crippen LogP contribution in [0.4, 0.5) is 0 Å². The van der Waals surface area contributed by atoms with Crippen LogP contribution in [0.2, 0.25) is 0 Å². The number of esters is 2. The molecular formula is C15H14O6. The van der Waals surface area contributed by atoms with Crippen molar-refractivity contribution in [1.29, 1.82) is 0 Å². The van der Waals surface area contributed by atoms with E-state index in [9.17, 15) is 14.4 Å². The van der Waals surface area contributed by atoms with Crippen LogP contribution in [0, 0.1) is 13.8 Å². The highest BCUT2D eigenvalue weighted by molar-refractivity contribution is 5.91. The summed E-state index contributed by atoms with van der Waals surface area (Å²) in [5.41, 5.74) is 0.773. The quantitative estimate of drug-likeness (QED) is 0.479. The van der Waals surface area contributed by atoms with Crippen molar-refractivity contribution in [2.45, 2.75) is 27.7 Å². The molecule has 0 aliphatic rings. The maximum atomic E-state index is 11.7. The fraction of sp³-hybridized carbons (Fsp3) is 0.267. The lowest BCUT2D eigenvalue weighted by Crippen LogP contribution is -2.09. The lowest BCUT2D eigenvalue weighted by molar-refractivity contribution is -0.132. The molecule has 0 atom stereocenters. The van der Waals surface area contributed by atoms with E-state index in [0.717, 1.165) is 0 Å². The van der Waals surface area contributed by atoms with Crippen LogP contribution < -0.4 is 15.1 Å². The highest BCUT2D eigenvalue weighted by Gasteiger charge is 2.16. The summed E-state index contributed by atoms with van der Waals surface area (Å²) in [4.78, 5) is 34.0. The first-order chi connectivity index (χ1) is 9.79. The van der Waals surface area contributed by atoms with Gasteiger partial charge < -0.3 is 13.9 Å². The first-order valence-corrected chi connectivity index (χ1v) is 6.24. The molecule has 6 heteroatoms. The third-order valence-corrected chi connectivity index (χ3v) is 3.00. The van der Waals surface area contributed by atoms with Crippen molar-refractivity contribution in [2.75, 3.05) is 0 Å². The topological polar surface area (TPSA) is 82.8 Å². The van der Waals surface area contributed by atoms with Crippen molar-refractivity contribution in [1.82, 2.24) is 0 Å². The average molecular weight is 290 g/mol. The minimum atomic E-state index is -0.533. The van der Waals surface area contributed by atoms with E-state index in [-0.39, 0.29) is 17.1 Å². The molecule has 0 fully saturated rings. The number of carbonyl (C=O) groups is 2. The van der Waals surface area contributed by atoms with E-state index in [4.69, 9.17) is 13.9 Å². The molecule has 1 heterocycles. The number of fused-ring (bicyclic) bond motifs is 1. The van der Waals surface area contributed by atoms with Gasteiger partial charge in [-0.05, 0) is 19.4 Å². The fourth-order valence-electron chi connectivity index (χ4n) is 1.99. The molecule has 2 rings (SSSR count). The predicted octanol–water partition coefficient (Wildman–Crippen LogP) is 2.26. The number of rotatable bonds is 2. The van der Waals surface area contributed by atoms with Crippen LogP contribution in [-0.4, -0.2) is 11.9 Å². The van der Waals surface area contributed by atoms with Gasteiger partial charge in [-0.3, -0.25) is 9.59 Å². The molecule has 0 saturated heterocycles. The molecule has 0 aliphatic carbocycles. The SMILES string of the molecule is CC(=O)Oc1cc(OC(C)=O)c2c(C)c(C)c(=O)oc2c1. The highest BCUT2D eigenvalue weighted by atomic mass is 16.5. The van der Waals surface area contributed by atoms with Gasteiger partial charge in [0.2, 0.25) is 0 Å². The average Bonchev–Trinajstić information content (AvgIpc) is 2.34. The molecule has 0 radical (unpaired) electrons. The second kappa shape index (κ2) is 5.40. The van der Waals surface area contributed by atoms with Crippen molar-refractivity contribution in [3.63, 3.8) is 0 Å². The van der Waals surface area contributed by atoms with Crippen LogP contribution in [0.15, 0.2) is 21.3 Å². The van der Waals surface area contributed by atoms with Crippen LogP contribution in [0.1, 0.15) is 25.0 Å². The van der Waals surface area contributed by atoms with E-state index in [1.165, 1.54) is 26.0 Å². The van der Waals surface area contributed by atoms with E-state index in [1.54, 1.807) is 13.8 Å².